The van der Waals surface area contributed by atoms with Gasteiger partial charge in [-0.1, -0.05) is 5.16 Å². The summed E-state index contributed by atoms with van der Waals surface area (Å²) >= 11 is 0. The second kappa shape index (κ2) is 3.11. The van der Waals surface area contributed by atoms with Crippen LogP contribution < -0.4 is 5.73 Å². The summed E-state index contributed by atoms with van der Waals surface area (Å²) in [5.74, 6) is -0.591. The fourth-order valence-electron chi connectivity index (χ4n) is 0.592. The van der Waals surface area contributed by atoms with E-state index in [0.717, 1.165) is 0 Å². The van der Waals surface area contributed by atoms with Gasteiger partial charge in [0.25, 0.3) is 0 Å². The molecule has 0 saturated heterocycles. The highest BCUT2D eigenvalue weighted by molar-refractivity contribution is 5.87. The summed E-state index contributed by atoms with van der Waals surface area (Å²) in [6.45, 7) is 0.105. The third-order valence-corrected chi connectivity index (χ3v) is 1.13. The lowest BCUT2D eigenvalue weighted by molar-refractivity contribution is 0.0587. The Balaban J connectivity index is 2.92. The molecule has 60 valence electrons. The number of esters is 1. The predicted octanol–water partition coefficient (Wildman–Crippen LogP) is -0.685. The lowest BCUT2D eigenvalue weighted by Crippen LogP contribution is -2.08. The van der Waals surface area contributed by atoms with Gasteiger partial charge in [-0.25, -0.2) is 9.42 Å². The monoisotopic (exact) mass is 157 g/mol. The van der Waals surface area contributed by atoms with E-state index in [4.69, 9.17) is 5.73 Å². The van der Waals surface area contributed by atoms with E-state index in [1.807, 2.05) is 0 Å². The third kappa shape index (κ3) is 1.35. The lowest BCUT2D eigenvalue weighted by atomic mass is 10.3. The molecule has 0 amide bonds. The van der Waals surface area contributed by atoms with E-state index in [-0.39, 0.29) is 12.2 Å². The topological polar surface area (TPSA) is 91.2 Å². The number of rotatable bonds is 2. The van der Waals surface area contributed by atoms with Crippen molar-refractivity contribution in [1.29, 1.82) is 0 Å². The molecule has 0 unspecified atom stereocenters. The normalized spacial score (nSPS) is 9.64. The van der Waals surface area contributed by atoms with Crippen molar-refractivity contribution < 1.29 is 14.2 Å². The average molecular weight is 157 g/mol. The Kier molecular flexibility index (Phi) is 2.17. The maximum Gasteiger partial charge on any atom is 0.362 e. The summed E-state index contributed by atoms with van der Waals surface area (Å²) in [5.41, 5.74) is 5.56. The summed E-state index contributed by atoms with van der Waals surface area (Å²) in [6, 6.07) is 0. The van der Waals surface area contributed by atoms with E-state index in [9.17, 15) is 4.79 Å². The largest absolute Gasteiger partial charge is 0.464 e. The number of hydrogen-bond acceptors (Lipinski definition) is 6. The van der Waals surface area contributed by atoms with E-state index in [1.165, 1.54) is 7.11 Å². The zero-order chi connectivity index (χ0) is 8.27. The Morgan fingerprint density at radius 1 is 1.73 bits per heavy atom. The van der Waals surface area contributed by atoms with E-state index in [0.29, 0.717) is 5.69 Å². The molecule has 0 aromatic carbocycles. The highest BCUT2D eigenvalue weighted by Gasteiger charge is 2.16. The van der Waals surface area contributed by atoms with Crippen LogP contribution >= 0.6 is 0 Å². The summed E-state index contributed by atoms with van der Waals surface area (Å²) in [5, 5.41) is 6.71. The van der Waals surface area contributed by atoms with Gasteiger partial charge in [0, 0.05) is 6.54 Å². The fraction of sp³-hybridized carbons (Fsp3) is 0.400. The van der Waals surface area contributed by atoms with Crippen molar-refractivity contribution in [1.82, 2.24) is 10.3 Å². The van der Waals surface area contributed by atoms with Gasteiger partial charge in [0.15, 0.2) is 0 Å². The quantitative estimate of drug-likeness (QED) is 0.571. The molecule has 0 fully saturated rings. The number of aromatic nitrogens is 2. The molecule has 6 nitrogen and oxygen atoms in total. The number of carbonyl (C=O) groups is 1. The highest BCUT2D eigenvalue weighted by Crippen LogP contribution is 2.02. The van der Waals surface area contributed by atoms with Gasteiger partial charge in [-0.2, -0.15) is 0 Å². The number of ether oxygens (including phenoxy) is 1. The van der Waals surface area contributed by atoms with Gasteiger partial charge in [0.1, 0.15) is 5.69 Å². The molecule has 11 heavy (non-hydrogen) atoms. The molecule has 0 aliphatic heterocycles. The summed E-state index contributed by atoms with van der Waals surface area (Å²) in [7, 11) is 1.25. The van der Waals surface area contributed by atoms with Crippen molar-refractivity contribution in [2.75, 3.05) is 7.11 Å². The van der Waals surface area contributed by atoms with Gasteiger partial charge < -0.3 is 10.5 Å². The van der Waals surface area contributed by atoms with Gasteiger partial charge in [0.2, 0.25) is 5.69 Å². The number of nitrogens with zero attached hydrogens (tertiary/aromatic N) is 2. The smallest absolute Gasteiger partial charge is 0.362 e. The third-order valence-electron chi connectivity index (χ3n) is 1.13. The Morgan fingerprint density at radius 2 is 2.45 bits per heavy atom. The fourth-order valence-corrected chi connectivity index (χ4v) is 0.592. The Hall–Kier alpha value is -1.43. The molecular weight excluding hydrogens is 150 g/mol. The minimum Gasteiger partial charge on any atom is -0.464 e. The molecule has 1 rings (SSSR count). The summed E-state index contributed by atoms with van der Waals surface area (Å²) in [6.07, 6.45) is 0. The first-order valence-corrected chi connectivity index (χ1v) is 2.89. The predicted molar refractivity (Wildman–Crippen MR) is 33.5 cm³/mol. The second-order valence-corrected chi connectivity index (χ2v) is 1.76. The van der Waals surface area contributed by atoms with Gasteiger partial charge in [-0.3, -0.25) is 0 Å². The van der Waals surface area contributed by atoms with Crippen LogP contribution in [0.5, 0.6) is 0 Å². The molecule has 1 heterocycles. The average Bonchev–Trinajstić information content (AvgIpc) is 2.50. The summed E-state index contributed by atoms with van der Waals surface area (Å²) < 4.78 is 8.66. The first-order valence-electron chi connectivity index (χ1n) is 2.89. The number of carbonyl (C=O) groups excluding carboxylic acids is 1. The summed E-state index contributed by atoms with van der Waals surface area (Å²) in [4.78, 5) is 10.8. The second-order valence-electron chi connectivity index (χ2n) is 1.76. The Labute approximate surface area is 62.3 Å². The van der Waals surface area contributed by atoms with E-state index >= 15 is 0 Å². The van der Waals surface area contributed by atoms with Gasteiger partial charge in [-0.15, -0.1) is 0 Å². The standard InChI is InChI=1S/C5H7N3O3/c1-10-5(9)4-3(2-6)7-11-8-4/h2,6H2,1H3. The SMILES string of the molecule is COC(=O)c1nonc1CN. The molecule has 0 radical (unpaired) electrons. The molecule has 1 aromatic heterocycles. The highest BCUT2D eigenvalue weighted by atomic mass is 16.6. The maximum atomic E-state index is 10.8. The molecule has 6 heteroatoms. The lowest BCUT2D eigenvalue weighted by Gasteiger charge is -1.92. The van der Waals surface area contributed by atoms with E-state index < -0.39 is 5.97 Å². The zero-order valence-electron chi connectivity index (χ0n) is 5.90. The molecular formula is C5H7N3O3. The Morgan fingerprint density at radius 3 is 3.00 bits per heavy atom. The number of hydrogen-bond donors (Lipinski definition) is 1. The molecule has 0 aliphatic rings. The van der Waals surface area contributed by atoms with Crippen LogP contribution in [-0.4, -0.2) is 23.4 Å². The molecule has 2 N–H and O–H groups in total. The zero-order valence-corrected chi connectivity index (χ0v) is 5.90. The van der Waals surface area contributed by atoms with Crippen LogP contribution in [0.15, 0.2) is 4.63 Å². The van der Waals surface area contributed by atoms with E-state index in [1.54, 1.807) is 0 Å². The van der Waals surface area contributed by atoms with Crippen molar-refractivity contribution in [3.05, 3.63) is 11.4 Å². The van der Waals surface area contributed by atoms with Crippen LogP contribution in [-0.2, 0) is 11.3 Å². The molecule has 0 saturated carbocycles. The molecule has 0 bridgehead atoms. The van der Waals surface area contributed by atoms with Crippen LogP contribution in [0.1, 0.15) is 16.2 Å². The molecule has 1 aromatic rings. The van der Waals surface area contributed by atoms with Crippen molar-refractivity contribution in [2.45, 2.75) is 6.54 Å². The van der Waals surface area contributed by atoms with Crippen molar-refractivity contribution in [3.8, 4) is 0 Å². The number of nitrogens with two attached hydrogens (primary N) is 1. The maximum absolute atomic E-state index is 10.8. The Bertz CT molecular complexity index is 257. The van der Waals surface area contributed by atoms with E-state index in [2.05, 4.69) is 19.7 Å². The molecule has 0 atom stereocenters. The van der Waals surface area contributed by atoms with Gasteiger partial charge in [-0.05, 0) is 5.16 Å². The van der Waals surface area contributed by atoms with Crippen molar-refractivity contribution in [2.24, 2.45) is 5.73 Å². The number of methoxy groups -OCH3 is 1. The van der Waals surface area contributed by atoms with Crippen molar-refractivity contribution >= 4 is 5.97 Å². The van der Waals surface area contributed by atoms with Crippen LogP contribution in [0.3, 0.4) is 0 Å². The minimum atomic E-state index is -0.591. The first-order chi connectivity index (χ1) is 5.29. The molecule has 0 spiro atoms. The molecule has 0 aliphatic carbocycles. The van der Waals surface area contributed by atoms with Gasteiger partial charge in [0.05, 0.1) is 7.11 Å². The van der Waals surface area contributed by atoms with Crippen molar-refractivity contribution in [3.63, 3.8) is 0 Å². The van der Waals surface area contributed by atoms with Crippen LogP contribution in [0.4, 0.5) is 0 Å². The van der Waals surface area contributed by atoms with Crippen LogP contribution in [0.25, 0.3) is 0 Å². The van der Waals surface area contributed by atoms with Gasteiger partial charge >= 0.3 is 5.97 Å². The van der Waals surface area contributed by atoms with Crippen LogP contribution in [0, 0.1) is 0 Å². The first kappa shape index (κ1) is 7.67. The minimum absolute atomic E-state index is 0.0370. The van der Waals surface area contributed by atoms with Crippen LogP contribution in [0.2, 0.25) is 0 Å².